The maximum absolute atomic E-state index is 13.3. The minimum absolute atomic E-state index is 0.0539. The van der Waals surface area contributed by atoms with Gasteiger partial charge in [0.05, 0.1) is 24.8 Å². The number of nitrogens with zero attached hydrogens (tertiary/aromatic N) is 3. The summed E-state index contributed by atoms with van der Waals surface area (Å²) in [6.45, 7) is 5.94. The highest BCUT2D eigenvalue weighted by molar-refractivity contribution is 5.97. The number of fused-ring (bicyclic) bond motifs is 2. The van der Waals surface area contributed by atoms with Crippen molar-refractivity contribution in [3.05, 3.63) is 59.2 Å². The Morgan fingerprint density at radius 3 is 2.78 bits per heavy atom. The highest BCUT2D eigenvalue weighted by atomic mass is 16.5. The van der Waals surface area contributed by atoms with Gasteiger partial charge in [-0.3, -0.25) is 14.6 Å². The molecule has 0 spiro atoms. The highest BCUT2D eigenvalue weighted by Gasteiger charge is 2.28. The molecule has 8 heteroatoms. The lowest BCUT2D eigenvalue weighted by Crippen LogP contribution is -2.44. The van der Waals surface area contributed by atoms with Crippen LogP contribution in [-0.4, -0.2) is 102 Å². The zero-order valence-electron chi connectivity index (χ0n) is 20.8. The van der Waals surface area contributed by atoms with Crippen molar-refractivity contribution in [2.24, 2.45) is 0 Å². The molecule has 36 heavy (non-hydrogen) atoms. The number of hydrogen-bond acceptors (Lipinski definition) is 7. The van der Waals surface area contributed by atoms with Crippen molar-refractivity contribution < 1.29 is 24.5 Å². The first-order valence-corrected chi connectivity index (χ1v) is 13.1. The molecule has 0 radical (unpaired) electrons. The van der Waals surface area contributed by atoms with Gasteiger partial charge in [-0.2, -0.15) is 0 Å². The Morgan fingerprint density at radius 1 is 1.06 bits per heavy atom. The van der Waals surface area contributed by atoms with Gasteiger partial charge in [-0.25, -0.2) is 0 Å². The van der Waals surface area contributed by atoms with Crippen LogP contribution in [0.1, 0.15) is 34.3 Å². The molecule has 3 aliphatic rings. The molecule has 194 valence electrons. The third-order valence-corrected chi connectivity index (χ3v) is 7.38. The zero-order valence-corrected chi connectivity index (χ0v) is 20.8. The van der Waals surface area contributed by atoms with Crippen LogP contribution in [0.4, 0.5) is 0 Å². The second-order valence-corrected chi connectivity index (χ2v) is 10.1. The lowest BCUT2D eigenvalue weighted by atomic mass is 10.00. The lowest BCUT2D eigenvalue weighted by molar-refractivity contribution is 0.0501. The zero-order chi connectivity index (χ0) is 24.9. The van der Waals surface area contributed by atoms with Crippen molar-refractivity contribution in [3.63, 3.8) is 0 Å². The summed E-state index contributed by atoms with van der Waals surface area (Å²) in [6, 6.07) is 13.9. The minimum atomic E-state index is -0.628. The van der Waals surface area contributed by atoms with Crippen LogP contribution in [-0.2, 0) is 13.0 Å². The molecule has 1 saturated heterocycles. The molecule has 1 fully saturated rings. The van der Waals surface area contributed by atoms with Gasteiger partial charge in [-0.1, -0.05) is 24.3 Å². The van der Waals surface area contributed by atoms with Gasteiger partial charge < -0.3 is 24.6 Å². The first kappa shape index (κ1) is 25.0. The largest absolute Gasteiger partial charge is 0.491 e. The van der Waals surface area contributed by atoms with E-state index < -0.39 is 6.10 Å². The van der Waals surface area contributed by atoms with Crippen LogP contribution in [0.3, 0.4) is 0 Å². The van der Waals surface area contributed by atoms with Gasteiger partial charge in [0.2, 0.25) is 0 Å². The van der Waals surface area contributed by atoms with E-state index in [1.165, 1.54) is 11.1 Å². The molecule has 3 heterocycles. The van der Waals surface area contributed by atoms with Crippen molar-refractivity contribution in [2.75, 3.05) is 59.0 Å². The molecular weight excluding hydrogens is 458 g/mol. The Bertz CT molecular complexity index is 1050. The Morgan fingerprint density at radius 2 is 1.92 bits per heavy atom. The summed E-state index contributed by atoms with van der Waals surface area (Å²) >= 11 is 0. The summed E-state index contributed by atoms with van der Waals surface area (Å²) in [6.07, 6.45) is 2.41. The SMILES string of the molecule is O=C1c2ccc(OC3CCCN(CCO)C3)cc2OCCN1C[C@H](O)CN1CCc2ccccc2C1. The maximum atomic E-state index is 13.3. The quantitative estimate of drug-likeness (QED) is 0.577. The highest BCUT2D eigenvalue weighted by Crippen LogP contribution is 2.30. The molecule has 0 aliphatic carbocycles. The van der Waals surface area contributed by atoms with Gasteiger partial charge in [0.1, 0.15) is 24.2 Å². The Hall–Kier alpha value is -2.65. The van der Waals surface area contributed by atoms with Crippen molar-refractivity contribution in [1.82, 2.24) is 14.7 Å². The number of carbonyl (C=O) groups excluding carboxylic acids is 1. The number of benzene rings is 2. The van der Waals surface area contributed by atoms with Crippen molar-refractivity contribution in [3.8, 4) is 11.5 Å². The van der Waals surface area contributed by atoms with E-state index in [1.807, 2.05) is 12.1 Å². The van der Waals surface area contributed by atoms with E-state index in [-0.39, 0.29) is 25.2 Å². The number of ether oxygens (including phenoxy) is 2. The van der Waals surface area contributed by atoms with Crippen molar-refractivity contribution in [2.45, 2.75) is 38.0 Å². The Labute approximate surface area is 213 Å². The Kier molecular flexibility index (Phi) is 8.06. The lowest BCUT2D eigenvalue weighted by Gasteiger charge is -2.32. The second kappa shape index (κ2) is 11.6. The normalized spacial score (nSPS) is 21.8. The van der Waals surface area contributed by atoms with Gasteiger partial charge in [0.15, 0.2) is 0 Å². The first-order valence-electron chi connectivity index (χ1n) is 13.1. The number of aliphatic hydroxyl groups is 2. The molecule has 0 saturated carbocycles. The smallest absolute Gasteiger partial charge is 0.257 e. The Balaban J connectivity index is 1.18. The molecule has 2 aromatic carbocycles. The maximum Gasteiger partial charge on any atom is 0.257 e. The van der Waals surface area contributed by atoms with E-state index in [4.69, 9.17) is 9.47 Å². The molecular formula is C28H37N3O5. The van der Waals surface area contributed by atoms with Crippen LogP contribution in [0, 0.1) is 0 Å². The van der Waals surface area contributed by atoms with E-state index in [2.05, 4.69) is 34.1 Å². The average molecular weight is 496 g/mol. The van der Waals surface area contributed by atoms with Crippen LogP contribution in [0.5, 0.6) is 11.5 Å². The summed E-state index contributed by atoms with van der Waals surface area (Å²) in [5.41, 5.74) is 3.20. The van der Waals surface area contributed by atoms with Gasteiger partial charge in [-0.05, 0) is 49.1 Å². The second-order valence-electron chi connectivity index (χ2n) is 10.1. The van der Waals surface area contributed by atoms with Crippen molar-refractivity contribution >= 4 is 5.91 Å². The standard InChI is InChI=1S/C28H37N3O5/c32-14-12-29-10-3-6-25(20-29)36-24-7-8-26-27(16-24)35-15-13-31(28(26)34)19-23(33)18-30-11-9-21-4-1-2-5-22(21)17-30/h1-2,4-5,7-8,16,23,25,32-33H,3,6,9-15,17-20H2/t23-,25?/m1/s1. The van der Waals surface area contributed by atoms with Crippen LogP contribution in [0.15, 0.2) is 42.5 Å². The van der Waals surface area contributed by atoms with Gasteiger partial charge in [0.25, 0.3) is 5.91 Å². The summed E-state index contributed by atoms with van der Waals surface area (Å²) in [7, 11) is 0. The average Bonchev–Trinajstić information content (AvgIpc) is 3.02. The molecule has 0 bridgehead atoms. The number of piperidine rings is 1. The number of β-amino-alcohol motifs (C(OH)–C–C–N with tert-alkyl or cyclic N) is 2. The molecule has 2 atom stereocenters. The number of amides is 1. The van der Waals surface area contributed by atoms with E-state index in [1.54, 1.807) is 11.0 Å². The predicted molar refractivity (Wildman–Crippen MR) is 136 cm³/mol. The fourth-order valence-corrected chi connectivity index (χ4v) is 5.55. The van der Waals surface area contributed by atoms with Gasteiger partial charge >= 0.3 is 0 Å². The molecule has 1 unspecified atom stereocenters. The van der Waals surface area contributed by atoms with Crippen LogP contribution in [0.2, 0.25) is 0 Å². The third kappa shape index (κ3) is 6.00. The van der Waals surface area contributed by atoms with Gasteiger partial charge in [0, 0.05) is 45.3 Å². The molecule has 3 aliphatic heterocycles. The fraction of sp³-hybridized carbons (Fsp3) is 0.536. The summed E-state index contributed by atoms with van der Waals surface area (Å²) in [5.74, 6) is 1.10. The van der Waals surface area contributed by atoms with E-state index in [9.17, 15) is 15.0 Å². The third-order valence-electron chi connectivity index (χ3n) is 7.38. The summed E-state index contributed by atoms with van der Waals surface area (Å²) < 4.78 is 12.1. The first-order chi connectivity index (χ1) is 17.6. The fourth-order valence-electron chi connectivity index (χ4n) is 5.55. The van der Waals surface area contributed by atoms with Gasteiger partial charge in [-0.15, -0.1) is 0 Å². The predicted octanol–water partition coefficient (Wildman–Crippen LogP) is 1.78. The number of carbonyl (C=O) groups is 1. The number of rotatable bonds is 8. The summed E-state index contributed by atoms with van der Waals surface area (Å²) in [5, 5.41) is 20.0. The minimum Gasteiger partial charge on any atom is -0.491 e. The number of likely N-dealkylation sites (tertiary alicyclic amines) is 1. The van der Waals surface area contributed by atoms with Crippen LogP contribution < -0.4 is 9.47 Å². The molecule has 1 amide bonds. The molecule has 2 aromatic rings. The topological polar surface area (TPSA) is 85.7 Å². The van der Waals surface area contributed by atoms with Crippen molar-refractivity contribution in [1.29, 1.82) is 0 Å². The molecule has 8 nitrogen and oxygen atoms in total. The monoisotopic (exact) mass is 495 g/mol. The van der Waals surface area contributed by atoms with E-state index in [0.717, 1.165) is 45.4 Å². The number of hydrogen-bond donors (Lipinski definition) is 2. The molecule has 2 N–H and O–H groups in total. The van der Waals surface area contributed by atoms with E-state index >= 15 is 0 Å². The van der Waals surface area contributed by atoms with Crippen LogP contribution in [0.25, 0.3) is 0 Å². The molecule has 5 rings (SSSR count). The molecule has 0 aromatic heterocycles. The van der Waals surface area contributed by atoms with E-state index in [0.29, 0.717) is 43.3 Å². The van der Waals surface area contributed by atoms with Crippen LogP contribution >= 0.6 is 0 Å². The summed E-state index contributed by atoms with van der Waals surface area (Å²) in [4.78, 5) is 19.5. The number of aliphatic hydroxyl groups excluding tert-OH is 2.